The molecule has 1 atom stereocenters. The van der Waals surface area contributed by atoms with Gasteiger partial charge in [-0.15, -0.1) is 0 Å². The van der Waals surface area contributed by atoms with Gasteiger partial charge in [-0.3, -0.25) is 4.79 Å². The van der Waals surface area contributed by atoms with Crippen molar-refractivity contribution in [1.82, 2.24) is 9.47 Å². The SMILES string of the molecule is COCCC1CN(C(=O)CS(C)(=O)=O)Cc2cccn2C1. The number of amides is 1. The zero-order chi connectivity index (χ0) is 15.5. The maximum atomic E-state index is 12.2. The van der Waals surface area contributed by atoms with E-state index in [4.69, 9.17) is 4.74 Å². The van der Waals surface area contributed by atoms with Gasteiger partial charge in [-0.2, -0.15) is 0 Å². The van der Waals surface area contributed by atoms with E-state index in [1.54, 1.807) is 12.0 Å². The van der Waals surface area contributed by atoms with Gasteiger partial charge in [0.15, 0.2) is 9.84 Å². The van der Waals surface area contributed by atoms with E-state index in [0.29, 0.717) is 19.7 Å². The lowest BCUT2D eigenvalue weighted by Gasteiger charge is -2.24. The van der Waals surface area contributed by atoms with Crippen LogP contribution in [0.15, 0.2) is 18.3 Å². The minimum atomic E-state index is -3.31. The number of fused-ring (bicyclic) bond motifs is 1. The summed E-state index contributed by atoms with van der Waals surface area (Å²) in [5.74, 6) is -0.485. The van der Waals surface area contributed by atoms with E-state index in [-0.39, 0.29) is 11.8 Å². The predicted molar refractivity (Wildman–Crippen MR) is 79.5 cm³/mol. The molecule has 1 aromatic rings. The molecular weight excluding hydrogens is 292 g/mol. The molecular formula is C14H22N2O4S. The Morgan fingerprint density at radius 2 is 2.19 bits per heavy atom. The molecule has 0 N–H and O–H groups in total. The maximum absolute atomic E-state index is 12.2. The highest BCUT2D eigenvalue weighted by Crippen LogP contribution is 2.19. The quantitative estimate of drug-likeness (QED) is 0.795. The van der Waals surface area contributed by atoms with Crippen LogP contribution in [0.5, 0.6) is 0 Å². The fourth-order valence-corrected chi connectivity index (χ4v) is 3.28. The van der Waals surface area contributed by atoms with E-state index >= 15 is 0 Å². The molecule has 0 aliphatic carbocycles. The molecule has 6 nitrogen and oxygen atoms in total. The van der Waals surface area contributed by atoms with Crippen LogP contribution < -0.4 is 0 Å². The Morgan fingerprint density at radius 1 is 1.43 bits per heavy atom. The van der Waals surface area contributed by atoms with Crippen molar-refractivity contribution < 1.29 is 17.9 Å². The zero-order valence-electron chi connectivity index (χ0n) is 12.5. The fourth-order valence-electron chi connectivity index (χ4n) is 2.65. The lowest BCUT2D eigenvalue weighted by Crippen LogP contribution is -2.37. The van der Waals surface area contributed by atoms with Crippen LogP contribution in [-0.2, 0) is 32.5 Å². The Morgan fingerprint density at radius 3 is 2.86 bits per heavy atom. The topological polar surface area (TPSA) is 68.6 Å². The monoisotopic (exact) mass is 314 g/mol. The lowest BCUT2D eigenvalue weighted by molar-refractivity contribution is -0.129. The molecule has 0 saturated heterocycles. The second-order valence-electron chi connectivity index (χ2n) is 5.64. The zero-order valence-corrected chi connectivity index (χ0v) is 13.3. The van der Waals surface area contributed by atoms with Crippen molar-refractivity contribution in [2.24, 2.45) is 5.92 Å². The number of hydrogen-bond acceptors (Lipinski definition) is 4. The number of carbonyl (C=O) groups excluding carboxylic acids is 1. The highest BCUT2D eigenvalue weighted by atomic mass is 32.2. The number of aromatic nitrogens is 1. The van der Waals surface area contributed by atoms with Gasteiger partial charge in [-0.05, 0) is 24.5 Å². The largest absolute Gasteiger partial charge is 0.385 e. The van der Waals surface area contributed by atoms with Crippen LogP contribution in [0.25, 0.3) is 0 Å². The average molecular weight is 314 g/mol. The Labute approximate surface area is 125 Å². The average Bonchev–Trinajstić information content (AvgIpc) is 2.72. The summed E-state index contributed by atoms with van der Waals surface area (Å²) in [6.45, 7) is 2.49. The highest BCUT2D eigenvalue weighted by molar-refractivity contribution is 7.91. The number of hydrogen-bond donors (Lipinski definition) is 0. The van der Waals surface area contributed by atoms with Crippen LogP contribution in [0.4, 0.5) is 0 Å². The summed E-state index contributed by atoms with van der Waals surface area (Å²) in [6, 6.07) is 3.92. The van der Waals surface area contributed by atoms with Crippen LogP contribution in [-0.4, -0.2) is 56.1 Å². The van der Waals surface area contributed by atoms with Crippen LogP contribution in [0.1, 0.15) is 12.1 Å². The molecule has 1 aliphatic heterocycles. The third kappa shape index (κ3) is 4.57. The number of methoxy groups -OCH3 is 1. The minimum absolute atomic E-state index is 0.266. The van der Waals surface area contributed by atoms with Gasteiger partial charge in [-0.1, -0.05) is 0 Å². The van der Waals surface area contributed by atoms with Gasteiger partial charge in [-0.25, -0.2) is 8.42 Å². The van der Waals surface area contributed by atoms with Crippen molar-refractivity contribution in [2.45, 2.75) is 19.5 Å². The van der Waals surface area contributed by atoms with Gasteiger partial charge in [0.05, 0.1) is 6.54 Å². The normalized spacial score (nSPS) is 19.1. The minimum Gasteiger partial charge on any atom is -0.385 e. The highest BCUT2D eigenvalue weighted by Gasteiger charge is 2.26. The van der Waals surface area contributed by atoms with Crippen molar-refractivity contribution in [3.8, 4) is 0 Å². The van der Waals surface area contributed by atoms with E-state index in [0.717, 1.165) is 24.9 Å². The first kappa shape index (κ1) is 16.0. The van der Waals surface area contributed by atoms with Crippen molar-refractivity contribution in [2.75, 3.05) is 32.3 Å². The van der Waals surface area contributed by atoms with E-state index < -0.39 is 15.6 Å². The van der Waals surface area contributed by atoms with Crippen molar-refractivity contribution in [3.63, 3.8) is 0 Å². The molecule has 21 heavy (non-hydrogen) atoms. The van der Waals surface area contributed by atoms with Crippen molar-refractivity contribution in [3.05, 3.63) is 24.0 Å². The Kier molecular flexibility index (Phi) is 5.05. The summed E-state index contributed by atoms with van der Waals surface area (Å²) in [5, 5.41) is 0. The molecule has 0 aromatic carbocycles. The Balaban J connectivity index is 2.15. The van der Waals surface area contributed by atoms with Gasteiger partial charge in [0.1, 0.15) is 5.75 Å². The smallest absolute Gasteiger partial charge is 0.238 e. The maximum Gasteiger partial charge on any atom is 0.238 e. The van der Waals surface area contributed by atoms with Gasteiger partial charge < -0.3 is 14.2 Å². The summed E-state index contributed by atoms with van der Waals surface area (Å²) < 4.78 is 29.9. The predicted octanol–water partition coefficient (Wildman–Crippen LogP) is 0.528. The number of ether oxygens (including phenoxy) is 1. The van der Waals surface area contributed by atoms with Crippen LogP contribution in [0, 0.1) is 5.92 Å². The molecule has 7 heteroatoms. The molecule has 1 amide bonds. The first-order chi connectivity index (χ1) is 9.89. The van der Waals surface area contributed by atoms with Crippen LogP contribution in [0.3, 0.4) is 0 Å². The molecule has 0 spiro atoms. The second kappa shape index (κ2) is 6.62. The van der Waals surface area contributed by atoms with Gasteiger partial charge in [0.2, 0.25) is 5.91 Å². The van der Waals surface area contributed by atoms with Gasteiger partial charge in [0, 0.05) is 45.0 Å². The summed E-state index contributed by atoms with van der Waals surface area (Å²) in [4.78, 5) is 13.9. The number of nitrogens with zero attached hydrogens (tertiary/aromatic N) is 2. The molecule has 0 saturated carbocycles. The summed E-state index contributed by atoms with van der Waals surface area (Å²) in [6.07, 6.45) is 3.93. The molecule has 0 bridgehead atoms. The first-order valence-electron chi connectivity index (χ1n) is 6.97. The molecule has 0 radical (unpaired) electrons. The van der Waals surface area contributed by atoms with E-state index in [1.807, 2.05) is 18.3 Å². The Hall–Kier alpha value is -1.34. The standard InChI is InChI=1S/C14H22N2O4S/c1-20-7-5-12-8-15-6-3-4-13(15)10-16(9-12)14(17)11-21(2,18)19/h3-4,6,12H,5,7-11H2,1-2H3. The van der Waals surface area contributed by atoms with Crippen LogP contribution in [0.2, 0.25) is 0 Å². The summed E-state index contributed by atoms with van der Waals surface area (Å²) >= 11 is 0. The fraction of sp³-hybridized carbons (Fsp3) is 0.643. The summed E-state index contributed by atoms with van der Waals surface area (Å²) in [7, 11) is -1.65. The third-order valence-electron chi connectivity index (χ3n) is 3.68. The molecule has 2 heterocycles. The van der Waals surface area contributed by atoms with Gasteiger partial charge in [0.25, 0.3) is 0 Å². The number of rotatable bonds is 5. The molecule has 1 aromatic heterocycles. The number of sulfone groups is 1. The van der Waals surface area contributed by atoms with Gasteiger partial charge >= 0.3 is 0 Å². The molecule has 118 valence electrons. The molecule has 2 rings (SSSR count). The first-order valence-corrected chi connectivity index (χ1v) is 9.03. The molecule has 0 fully saturated rings. The van der Waals surface area contributed by atoms with Crippen LogP contribution >= 0.6 is 0 Å². The Bertz CT molecular complexity index is 594. The molecule has 1 unspecified atom stereocenters. The second-order valence-corrected chi connectivity index (χ2v) is 7.78. The third-order valence-corrected chi connectivity index (χ3v) is 4.45. The lowest BCUT2D eigenvalue weighted by atomic mass is 10.1. The van der Waals surface area contributed by atoms with E-state index in [2.05, 4.69) is 4.57 Å². The van der Waals surface area contributed by atoms with Crippen molar-refractivity contribution in [1.29, 1.82) is 0 Å². The van der Waals surface area contributed by atoms with E-state index in [1.165, 1.54) is 0 Å². The summed E-state index contributed by atoms with van der Waals surface area (Å²) in [5.41, 5.74) is 1.04. The van der Waals surface area contributed by atoms with Crippen molar-refractivity contribution >= 4 is 15.7 Å². The molecule has 1 aliphatic rings. The van der Waals surface area contributed by atoms with E-state index in [9.17, 15) is 13.2 Å². The number of carbonyl (C=O) groups is 1.